The number of nitrogens with zero attached hydrogens (tertiary/aromatic N) is 2. The van der Waals surface area contributed by atoms with E-state index in [4.69, 9.17) is 23.4 Å². The molecule has 0 heterocycles. The van der Waals surface area contributed by atoms with Crippen LogP contribution in [0.3, 0.4) is 0 Å². The fourth-order valence-electron chi connectivity index (χ4n) is 0.603. The van der Waals surface area contributed by atoms with Gasteiger partial charge >= 0.3 is 0 Å². The van der Waals surface area contributed by atoms with E-state index in [9.17, 15) is 4.39 Å². The Hall–Kier alpha value is -0.670. The van der Waals surface area contributed by atoms with Crippen molar-refractivity contribution in [1.29, 1.82) is 0 Å². The number of halogens is 3. The number of benzene rings is 1. The van der Waals surface area contributed by atoms with Crippen molar-refractivity contribution in [2.24, 2.45) is 9.75 Å². The molecule has 11 heavy (non-hydrogen) atoms. The second-order valence-corrected chi connectivity index (χ2v) is 2.36. The van der Waals surface area contributed by atoms with E-state index in [2.05, 4.69) is 9.75 Å². The predicted molar refractivity (Wildman–Crippen MR) is 41.8 cm³/mol. The van der Waals surface area contributed by atoms with Gasteiger partial charge in [-0.25, -0.2) is 4.39 Å². The van der Waals surface area contributed by atoms with Gasteiger partial charge in [-0.15, -0.1) is 5.11 Å². The van der Waals surface area contributed by atoms with Crippen LogP contribution in [0.25, 0.3) is 0 Å². The van der Waals surface area contributed by atoms with Gasteiger partial charge in [0.25, 0.3) is 0 Å². The van der Waals surface area contributed by atoms with Gasteiger partial charge in [0.05, 0.1) is 11.8 Å². The molecule has 5 heteroatoms. The SMILES string of the molecule is Fc1cc(Cl)ccc1N=NCl. The van der Waals surface area contributed by atoms with Crippen LogP contribution < -0.4 is 0 Å². The van der Waals surface area contributed by atoms with E-state index in [1.807, 2.05) is 0 Å². The van der Waals surface area contributed by atoms with Crippen molar-refractivity contribution < 1.29 is 4.39 Å². The van der Waals surface area contributed by atoms with Crippen LogP contribution in [-0.4, -0.2) is 0 Å². The molecule has 0 bridgehead atoms. The number of hydrogen-bond donors (Lipinski definition) is 0. The molecule has 0 aliphatic rings. The van der Waals surface area contributed by atoms with Gasteiger partial charge in [0.2, 0.25) is 0 Å². The van der Waals surface area contributed by atoms with Crippen molar-refractivity contribution in [1.82, 2.24) is 0 Å². The summed E-state index contributed by atoms with van der Waals surface area (Å²) in [5.74, 6) is -0.540. The topological polar surface area (TPSA) is 24.7 Å². The van der Waals surface area contributed by atoms with Gasteiger partial charge in [-0.1, -0.05) is 16.2 Å². The van der Waals surface area contributed by atoms with Crippen molar-refractivity contribution in [3.05, 3.63) is 29.0 Å². The van der Waals surface area contributed by atoms with Crippen LogP contribution >= 0.6 is 23.4 Å². The van der Waals surface area contributed by atoms with Crippen LogP contribution in [0, 0.1) is 5.82 Å². The van der Waals surface area contributed by atoms with Crippen molar-refractivity contribution in [2.45, 2.75) is 0 Å². The van der Waals surface area contributed by atoms with E-state index in [0.717, 1.165) is 6.07 Å². The average molecular weight is 193 g/mol. The molecule has 58 valence electrons. The first kappa shape index (κ1) is 8.43. The first-order valence-electron chi connectivity index (χ1n) is 2.71. The molecule has 0 unspecified atom stereocenters. The number of rotatable bonds is 1. The molecule has 1 aromatic rings. The third-order valence-electron chi connectivity index (χ3n) is 1.06. The van der Waals surface area contributed by atoms with Crippen molar-refractivity contribution in [3.8, 4) is 0 Å². The Bertz CT molecular complexity index is 288. The maximum absolute atomic E-state index is 12.7. The van der Waals surface area contributed by atoms with Gasteiger partial charge in [0.15, 0.2) is 5.82 Å². The zero-order chi connectivity index (χ0) is 8.27. The first-order valence-corrected chi connectivity index (χ1v) is 3.42. The Labute approximate surface area is 72.8 Å². The van der Waals surface area contributed by atoms with E-state index < -0.39 is 5.82 Å². The zero-order valence-electron chi connectivity index (χ0n) is 5.26. The largest absolute Gasteiger partial charge is 0.204 e. The highest BCUT2D eigenvalue weighted by atomic mass is 35.5. The number of hydrogen-bond acceptors (Lipinski definition) is 2. The van der Waals surface area contributed by atoms with Crippen molar-refractivity contribution in [3.63, 3.8) is 0 Å². The molecule has 1 rings (SSSR count). The molecule has 0 spiro atoms. The molecule has 0 radical (unpaired) electrons. The van der Waals surface area contributed by atoms with Crippen LogP contribution in [-0.2, 0) is 0 Å². The summed E-state index contributed by atoms with van der Waals surface area (Å²) in [6.07, 6.45) is 0. The lowest BCUT2D eigenvalue weighted by atomic mass is 10.3. The van der Waals surface area contributed by atoms with Crippen molar-refractivity contribution in [2.75, 3.05) is 0 Å². The third-order valence-corrected chi connectivity index (χ3v) is 1.37. The Morgan fingerprint density at radius 1 is 1.36 bits per heavy atom. The van der Waals surface area contributed by atoms with Gasteiger partial charge in [-0.05, 0) is 18.2 Å². The standard InChI is InChI=1S/C6H3Cl2FN2/c7-4-1-2-6(10-11-8)5(9)3-4/h1-3H. The molecule has 0 aliphatic carbocycles. The highest BCUT2D eigenvalue weighted by Crippen LogP contribution is 2.21. The van der Waals surface area contributed by atoms with Crippen LogP contribution in [0.2, 0.25) is 5.02 Å². The summed E-state index contributed by atoms with van der Waals surface area (Å²) in [7, 11) is 0. The minimum absolute atomic E-state index is 0.0735. The molecule has 1 aromatic carbocycles. The van der Waals surface area contributed by atoms with Crippen LogP contribution in [0.5, 0.6) is 0 Å². The van der Waals surface area contributed by atoms with Crippen molar-refractivity contribution >= 4 is 29.1 Å². The lowest BCUT2D eigenvalue weighted by Crippen LogP contribution is -1.73. The Balaban J connectivity index is 3.09. The minimum Gasteiger partial charge on any atom is -0.204 e. The highest BCUT2D eigenvalue weighted by molar-refractivity contribution is 6.30. The summed E-state index contributed by atoms with van der Waals surface area (Å²) < 4.78 is 15.7. The Morgan fingerprint density at radius 3 is 2.64 bits per heavy atom. The molecule has 0 N–H and O–H groups in total. The molecule has 0 atom stereocenters. The molecule has 0 fully saturated rings. The van der Waals surface area contributed by atoms with E-state index in [-0.39, 0.29) is 5.69 Å². The van der Waals surface area contributed by atoms with Crippen LogP contribution in [0.15, 0.2) is 27.9 Å². The predicted octanol–water partition coefficient (Wildman–Crippen LogP) is 3.72. The van der Waals surface area contributed by atoms with Gasteiger partial charge in [0.1, 0.15) is 5.69 Å². The summed E-state index contributed by atoms with van der Waals surface area (Å²) in [5, 5.41) is 3.62. The lowest BCUT2D eigenvalue weighted by Gasteiger charge is -1.93. The van der Waals surface area contributed by atoms with Gasteiger partial charge < -0.3 is 0 Å². The summed E-state index contributed by atoms with van der Waals surface area (Å²) in [6, 6.07) is 4.04. The summed E-state index contributed by atoms with van der Waals surface area (Å²) in [4.78, 5) is 0. The smallest absolute Gasteiger partial charge is 0.152 e. The summed E-state index contributed by atoms with van der Waals surface area (Å²) in [6.45, 7) is 0. The van der Waals surface area contributed by atoms with Crippen LogP contribution in [0.4, 0.5) is 10.1 Å². The molecule has 0 amide bonds. The minimum atomic E-state index is -0.540. The van der Waals surface area contributed by atoms with E-state index in [1.165, 1.54) is 12.1 Å². The summed E-state index contributed by atoms with van der Waals surface area (Å²) >= 11 is 10.4. The molecule has 0 aliphatic heterocycles. The molecule has 0 aromatic heterocycles. The fraction of sp³-hybridized carbons (Fsp3) is 0. The van der Waals surface area contributed by atoms with E-state index in [0.29, 0.717) is 5.02 Å². The van der Waals surface area contributed by atoms with E-state index in [1.54, 1.807) is 0 Å². The average Bonchev–Trinajstić information content (AvgIpc) is 1.95. The molecule has 0 saturated carbocycles. The first-order chi connectivity index (χ1) is 5.24. The normalized spacial score (nSPS) is 10.8. The Morgan fingerprint density at radius 2 is 2.09 bits per heavy atom. The lowest BCUT2D eigenvalue weighted by molar-refractivity contribution is 0.629. The molecular formula is C6H3Cl2FN2. The maximum atomic E-state index is 12.7. The Kier molecular flexibility index (Phi) is 2.79. The van der Waals surface area contributed by atoms with Gasteiger partial charge in [-0.2, -0.15) is 0 Å². The third kappa shape index (κ3) is 2.13. The molecular weight excluding hydrogens is 190 g/mol. The van der Waals surface area contributed by atoms with Gasteiger partial charge in [-0.3, -0.25) is 0 Å². The fourth-order valence-corrected chi connectivity index (χ4v) is 0.843. The second-order valence-electron chi connectivity index (χ2n) is 1.77. The monoisotopic (exact) mass is 192 g/mol. The molecule has 0 saturated heterocycles. The molecule has 2 nitrogen and oxygen atoms in total. The summed E-state index contributed by atoms with van der Waals surface area (Å²) in [5.41, 5.74) is 0.0735. The maximum Gasteiger partial charge on any atom is 0.152 e. The van der Waals surface area contributed by atoms with Gasteiger partial charge in [0, 0.05) is 5.02 Å². The van der Waals surface area contributed by atoms with Crippen LogP contribution in [0.1, 0.15) is 0 Å². The zero-order valence-corrected chi connectivity index (χ0v) is 6.77. The second kappa shape index (κ2) is 3.64. The quantitative estimate of drug-likeness (QED) is 0.607. The highest BCUT2D eigenvalue weighted by Gasteiger charge is 1.99. The van der Waals surface area contributed by atoms with E-state index >= 15 is 0 Å².